The molecule has 0 radical (unpaired) electrons. The van der Waals surface area contributed by atoms with Crippen LogP contribution >= 0.6 is 0 Å². The van der Waals surface area contributed by atoms with Crippen LogP contribution in [0.5, 0.6) is 5.75 Å². The third kappa shape index (κ3) is 3.40. The van der Waals surface area contributed by atoms with Crippen molar-refractivity contribution in [2.75, 3.05) is 25.4 Å². The highest BCUT2D eigenvalue weighted by atomic mass is 16.5. The molecule has 1 aromatic carbocycles. The lowest BCUT2D eigenvalue weighted by molar-refractivity contribution is -0.132. The summed E-state index contributed by atoms with van der Waals surface area (Å²) in [4.78, 5) is 14.0. The van der Waals surface area contributed by atoms with E-state index in [1.807, 2.05) is 17.0 Å². The zero-order chi connectivity index (χ0) is 13.8. The van der Waals surface area contributed by atoms with Crippen molar-refractivity contribution in [1.82, 2.24) is 4.90 Å². The molecule has 0 saturated carbocycles. The van der Waals surface area contributed by atoms with Crippen LogP contribution in [0.2, 0.25) is 0 Å². The molecule has 0 aliphatic carbocycles. The number of para-hydroxylation sites is 2. The molecule has 4 heteroatoms. The first-order chi connectivity index (χ1) is 9.08. The highest BCUT2D eigenvalue weighted by molar-refractivity contribution is 5.78. The molecule has 1 aromatic rings. The van der Waals surface area contributed by atoms with Crippen molar-refractivity contribution >= 4 is 11.6 Å². The maximum atomic E-state index is 12.1. The van der Waals surface area contributed by atoms with Gasteiger partial charge in [0.05, 0.1) is 5.69 Å². The summed E-state index contributed by atoms with van der Waals surface area (Å²) in [6.45, 7) is 6.18. The molecule has 1 heterocycles. The topological polar surface area (TPSA) is 55.6 Å². The zero-order valence-electron chi connectivity index (χ0n) is 11.6. The van der Waals surface area contributed by atoms with E-state index in [2.05, 4.69) is 13.8 Å². The minimum Gasteiger partial charge on any atom is -0.482 e. The van der Waals surface area contributed by atoms with Gasteiger partial charge in [-0.3, -0.25) is 4.79 Å². The van der Waals surface area contributed by atoms with Crippen LogP contribution < -0.4 is 10.5 Å². The summed E-state index contributed by atoms with van der Waals surface area (Å²) in [7, 11) is 0. The first-order valence-corrected chi connectivity index (χ1v) is 6.83. The van der Waals surface area contributed by atoms with Crippen molar-refractivity contribution in [3.63, 3.8) is 0 Å². The molecule has 1 fully saturated rings. The summed E-state index contributed by atoms with van der Waals surface area (Å²) in [5.74, 6) is 1.87. The Morgan fingerprint density at radius 1 is 1.47 bits per heavy atom. The third-order valence-electron chi connectivity index (χ3n) is 3.79. The highest BCUT2D eigenvalue weighted by Gasteiger charge is 2.28. The predicted molar refractivity (Wildman–Crippen MR) is 75.9 cm³/mol. The molecule has 1 atom stereocenters. The lowest BCUT2D eigenvalue weighted by Crippen LogP contribution is -2.33. The van der Waals surface area contributed by atoms with Crippen molar-refractivity contribution in [2.45, 2.75) is 20.3 Å². The van der Waals surface area contributed by atoms with E-state index in [4.69, 9.17) is 10.5 Å². The number of carbonyl (C=O) groups is 1. The van der Waals surface area contributed by atoms with Crippen molar-refractivity contribution in [1.29, 1.82) is 0 Å². The summed E-state index contributed by atoms with van der Waals surface area (Å²) in [5, 5.41) is 0. The SMILES string of the molecule is CC(C)C1CCN(C(=O)COc2ccccc2N)C1. The molecule has 4 nitrogen and oxygen atoms in total. The number of amides is 1. The summed E-state index contributed by atoms with van der Waals surface area (Å²) >= 11 is 0. The molecule has 2 rings (SSSR count). The van der Waals surface area contributed by atoms with Gasteiger partial charge in [0.25, 0.3) is 5.91 Å². The second-order valence-electron chi connectivity index (χ2n) is 5.46. The van der Waals surface area contributed by atoms with E-state index >= 15 is 0 Å². The van der Waals surface area contributed by atoms with Gasteiger partial charge in [-0.05, 0) is 30.4 Å². The Morgan fingerprint density at radius 3 is 2.84 bits per heavy atom. The van der Waals surface area contributed by atoms with Crippen LogP contribution in [0.1, 0.15) is 20.3 Å². The minimum atomic E-state index is 0.0476. The number of rotatable bonds is 4. The number of hydrogen-bond acceptors (Lipinski definition) is 3. The van der Waals surface area contributed by atoms with Gasteiger partial charge in [0, 0.05) is 13.1 Å². The molecule has 1 saturated heterocycles. The average molecular weight is 262 g/mol. The summed E-state index contributed by atoms with van der Waals surface area (Å²) in [5.41, 5.74) is 6.34. The number of carbonyl (C=O) groups excluding carboxylic acids is 1. The number of benzene rings is 1. The molecule has 1 aliphatic heterocycles. The minimum absolute atomic E-state index is 0.0476. The molecular formula is C15H22N2O2. The Hall–Kier alpha value is -1.71. The van der Waals surface area contributed by atoms with Crippen molar-refractivity contribution in [2.24, 2.45) is 11.8 Å². The fourth-order valence-corrected chi connectivity index (χ4v) is 2.40. The molecule has 0 bridgehead atoms. The number of nitrogens with zero attached hydrogens (tertiary/aromatic N) is 1. The second kappa shape index (κ2) is 5.95. The standard InChI is InChI=1S/C15H22N2O2/c1-11(2)12-7-8-17(9-12)15(18)10-19-14-6-4-3-5-13(14)16/h3-6,11-12H,7-10,16H2,1-2H3. The lowest BCUT2D eigenvalue weighted by atomic mass is 9.95. The zero-order valence-corrected chi connectivity index (χ0v) is 11.6. The van der Waals surface area contributed by atoms with E-state index in [1.54, 1.807) is 12.1 Å². The quantitative estimate of drug-likeness (QED) is 0.846. The average Bonchev–Trinajstić information content (AvgIpc) is 2.87. The van der Waals surface area contributed by atoms with E-state index in [-0.39, 0.29) is 12.5 Å². The van der Waals surface area contributed by atoms with Gasteiger partial charge < -0.3 is 15.4 Å². The van der Waals surface area contributed by atoms with Crippen molar-refractivity contribution < 1.29 is 9.53 Å². The van der Waals surface area contributed by atoms with Gasteiger partial charge in [-0.25, -0.2) is 0 Å². The van der Waals surface area contributed by atoms with Gasteiger partial charge in [0.15, 0.2) is 6.61 Å². The van der Waals surface area contributed by atoms with Crippen LogP contribution in [-0.4, -0.2) is 30.5 Å². The molecule has 19 heavy (non-hydrogen) atoms. The van der Waals surface area contributed by atoms with Crippen LogP contribution in [0.3, 0.4) is 0 Å². The Morgan fingerprint density at radius 2 is 2.21 bits per heavy atom. The van der Waals surface area contributed by atoms with Crippen molar-refractivity contribution in [3.05, 3.63) is 24.3 Å². The highest BCUT2D eigenvalue weighted by Crippen LogP contribution is 2.24. The van der Waals surface area contributed by atoms with Gasteiger partial charge >= 0.3 is 0 Å². The Labute approximate surface area is 114 Å². The molecule has 104 valence electrons. The van der Waals surface area contributed by atoms with E-state index < -0.39 is 0 Å². The maximum Gasteiger partial charge on any atom is 0.260 e. The summed E-state index contributed by atoms with van der Waals surface area (Å²) in [6, 6.07) is 7.24. The fourth-order valence-electron chi connectivity index (χ4n) is 2.40. The van der Waals surface area contributed by atoms with Crippen LogP contribution in [-0.2, 0) is 4.79 Å². The molecule has 0 spiro atoms. The van der Waals surface area contributed by atoms with Crippen LogP contribution in [0.4, 0.5) is 5.69 Å². The maximum absolute atomic E-state index is 12.1. The van der Waals surface area contributed by atoms with Gasteiger partial charge in [-0.1, -0.05) is 26.0 Å². The molecule has 0 aromatic heterocycles. The predicted octanol–water partition coefficient (Wildman–Crippen LogP) is 2.15. The Balaban J connectivity index is 1.84. The van der Waals surface area contributed by atoms with Crippen LogP contribution in [0, 0.1) is 11.8 Å². The first kappa shape index (κ1) is 13.7. The van der Waals surface area contributed by atoms with E-state index in [1.165, 1.54) is 0 Å². The van der Waals surface area contributed by atoms with E-state index in [9.17, 15) is 4.79 Å². The monoisotopic (exact) mass is 262 g/mol. The summed E-state index contributed by atoms with van der Waals surface area (Å²) in [6.07, 6.45) is 1.09. The van der Waals surface area contributed by atoms with Gasteiger partial charge in [0.2, 0.25) is 0 Å². The Kier molecular flexibility index (Phi) is 4.30. The molecule has 1 unspecified atom stereocenters. The smallest absolute Gasteiger partial charge is 0.260 e. The van der Waals surface area contributed by atoms with Gasteiger partial charge in [-0.2, -0.15) is 0 Å². The van der Waals surface area contributed by atoms with Crippen LogP contribution in [0.15, 0.2) is 24.3 Å². The van der Waals surface area contributed by atoms with E-state index in [0.717, 1.165) is 19.5 Å². The lowest BCUT2D eigenvalue weighted by Gasteiger charge is -2.18. The van der Waals surface area contributed by atoms with Crippen molar-refractivity contribution in [3.8, 4) is 5.75 Å². The number of nitrogens with two attached hydrogens (primary N) is 1. The molecule has 1 aliphatic rings. The number of hydrogen-bond donors (Lipinski definition) is 1. The molecule has 2 N–H and O–H groups in total. The van der Waals surface area contributed by atoms with Gasteiger partial charge in [-0.15, -0.1) is 0 Å². The largest absolute Gasteiger partial charge is 0.482 e. The number of nitrogen functional groups attached to an aromatic ring is 1. The first-order valence-electron chi connectivity index (χ1n) is 6.83. The normalized spacial score (nSPS) is 18.9. The number of anilines is 1. The number of likely N-dealkylation sites (tertiary alicyclic amines) is 1. The fraction of sp³-hybridized carbons (Fsp3) is 0.533. The Bertz CT molecular complexity index is 446. The van der Waals surface area contributed by atoms with Crippen LogP contribution in [0.25, 0.3) is 0 Å². The van der Waals surface area contributed by atoms with E-state index in [0.29, 0.717) is 23.3 Å². The molecular weight excluding hydrogens is 240 g/mol. The third-order valence-corrected chi connectivity index (χ3v) is 3.79. The van der Waals surface area contributed by atoms with Gasteiger partial charge in [0.1, 0.15) is 5.75 Å². The molecule has 1 amide bonds. The number of ether oxygens (including phenoxy) is 1. The second-order valence-corrected chi connectivity index (χ2v) is 5.46. The summed E-state index contributed by atoms with van der Waals surface area (Å²) < 4.78 is 5.49.